The number of nitrogens with one attached hydrogen (secondary N) is 1. The molecule has 0 saturated carbocycles. The molecule has 1 fully saturated rings. The second kappa shape index (κ2) is 7.78. The Bertz CT molecular complexity index is 772. The lowest BCUT2D eigenvalue weighted by Crippen LogP contribution is -2.50. The molecule has 1 aromatic carbocycles. The molecule has 1 saturated heterocycles. The Kier molecular flexibility index (Phi) is 5.46. The first-order valence-electron chi connectivity index (χ1n) is 8.52. The van der Waals surface area contributed by atoms with Crippen LogP contribution in [0.2, 0.25) is 5.02 Å². The number of aryl methyl sites for hydroxylation is 1. The number of aromatic nitrogens is 2. The smallest absolute Gasteiger partial charge is 0.322 e. The van der Waals surface area contributed by atoms with Crippen molar-refractivity contribution < 1.29 is 4.79 Å². The van der Waals surface area contributed by atoms with Crippen molar-refractivity contribution in [3.63, 3.8) is 0 Å². The first kappa shape index (κ1) is 18.3. The number of urea groups is 1. The summed E-state index contributed by atoms with van der Waals surface area (Å²) in [5, 5.41) is 11.9. The van der Waals surface area contributed by atoms with E-state index in [0.29, 0.717) is 36.9 Å². The van der Waals surface area contributed by atoms with Gasteiger partial charge in [-0.2, -0.15) is 0 Å². The topological polar surface area (TPSA) is 64.6 Å². The summed E-state index contributed by atoms with van der Waals surface area (Å²) in [6.07, 6.45) is 0. The van der Waals surface area contributed by atoms with E-state index in [1.807, 2.05) is 56.3 Å². The molecule has 0 atom stereocenters. The van der Waals surface area contributed by atoms with E-state index in [2.05, 4.69) is 20.4 Å². The Balaban J connectivity index is 1.56. The van der Waals surface area contributed by atoms with Crippen LogP contribution in [0.25, 0.3) is 0 Å². The zero-order chi connectivity index (χ0) is 18.7. The minimum absolute atomic E-state index is 0.135. The molecular formula is C18H23ClN6O. The highest BCUT2D eigenvalue weighted by molar-refractivity contribution is 6.33. The van der Waals surface area contributed by atoms with Gasteiger partial charge >= 0.3 is 6.03 Å². The van der Waals surface area contributed by atoms with Gasteiger partial charge in [0.15, 0.2) is 11.6 Å². The monoisotopic (exact) mass is 374 g/mol. The Labute approximate surface area is 158 Å². The van der Waals surface area contributed by atoms with Crippen molar-refractivity contribution in [3.8, 4) is 0 Å². The van der Waals surface area contributed by atoms with Crippen LogP contribution in [0.3, 0.4) is 0 Å². The lowest BCUT2D eigenvalue weighted by atomic mass is 10.2. The summed E-state index contributed by atoms with van der Waals surface area (Å²) < 4.78 is 0. The molecule has 138 valence electrons. The molecule has 1 aromatic heterocycles. The largest absolute Gasteiger partial charge is 0.361 e. The number of hydrogen-bond donors (Lipinski definition) is 1. The van der Waals surface area contributed by atoms with Crippen LogP contribution in [0.4, 0.5) is 22.1 Å². The van der Waals surface area contributed by atoms with Gasteiger partial charge < -0.3 is 20.0 Å². The number of anilines is 3. The van der Waals surface area contributed by atoms with Crippen LogP contribution in [0.15, 0.2) is 30.3 Å². The molecule has 1 aliphatic rings. The molecule has 0 spiro atoms. The minimum atomic E-state index is -0.135. The summed E-state index contributed by atoms with van der Waals surface area (Å²) in [5.74, 6) is 1.65. The number of benzene rings is 1. The standard InChI is InChI=1S/C18H23ClN6O/c1-13-4-5-15(14(19)12-13)20-18(26)25-10-8-24(9-11-25)17-7-6-16(21-22-17)23(2)3/h4-7,12H,8-11H2,1-3H3,(H,20,26). The Morgan fingerprint density at radius 2 is 1.85 bits per heavy atom. The van der Waals surface area contributed by atoms with Crippen molar-refractivity contribution in [3.05, 3.63) is 40.9 Å². The first-order chi connectivity index (χ1) is 12.4. The molecule has 2 heterocycles. The molecule has 2 amide bonds. The number of nitrogens with zero attached hydrogens (tertiary/aromatic N) is 5. The highest BCUT2D eigenvalue weighted by atomic mass is 35.5. The van der Waals surface area contributed by atoms with E-state index in [1.165, 1.54) is 0 Å². The van der Waals surface area contributed by atoms with Crippen LogP contribution in [-0.4, -0.2) is 61.4 Å². The highest BCUT2D eigenvalue weighted by Gasteiger charge is 2.22. The van der Waals surface area contributed by atoms with Crippen LogP contribution in [0.5, 0.6) is 0 Å². The van der Waals surface area contributed by atoms with E-state index >= 15 is 0 Å². The normalized spacial score (nSPS) is 14.3. The summed E-state index contributed by atoms with van der Waals surface area (Å²) in [4.78, 5) is 18.3. The van der Waals surface area contributed by atoms with E-state index in [0.717, 1.165) is 17.2 Å². The van der Waals surface area contributed by atoms with Gasteiger partial charge in [-0.05, 0) is 36.8 Å². The molecule has 0 unspecified atom stereocenters. The summed E-state index contributed by atoms with van der Waals surface area (Å²) in [5.41, 5.74) is 1.69. The van der Waals surface area contributed by atoms with Crippen LogP contribution in [0, 0.1) is 6.92 Å². The molecule has 0 aliphatic carbocycles. The van der Waals surface area contributed by atoms with Gasteiger partial charge in [0.1, 0.15) is 0 Å². The molecule has 7 nitrogen and oxygen atoms in total. The SMILES string of the molecule is Cc1ccc(NC(=O)N2CCN(c3ccc(N(C)C)nn3)CC2)c(Cl)c1. The van der Waals surface area contributed by atoms with Crippen molar-refractivity contribution in [2.24, 2.45) is 0 Å². The van der Waals surface area contributed by atoms with Crippen molar-refractivity contribution >= 4 is 35.0 Å². The zero-order valence-electron chi connectivity index (χ0n) is 15.2. The van der Waals surface area contributed by atoms with Crippen LogP contribution in [-0.2, 0) is 0 Å². The Hall–Kier alpha value is -2.54. The molecule has 8 heteroatoms. The van der Waals surface area contributed by atoms with Gasteiger partial charge in [-0.3, -0.25) is 0 Å². The summed E-state index contributed by atoms with van der Waals surface area (Å²) in [7, 11) is 3.86. The third-order valence-corrected chi connectivity index (χ3v) is 4.66. The number of amides is 2. The average molecular weight is 375 g/mol. The predicted molar refractivity (Wildman–Crippen MR) is 105 cm³/mol. The maximum Gasteiger partial charge on any atom is 0.322 e. The average Bonchev–Trinajstić information content (AvgIpc) is 2.64. The summed E-state index contributed by atoms with van der Waals surface area (Å²) in [6, 6.07) is 9.36. The van der Waals surface area contributed by atoms with Gasteiger partial charge in [0, 0.05) is 40.3 Å². The van der Waals surface area contributed by atoms with Crippen molar-refractivity contribution in [2.45, 2.75) is 6.92 Å². The molecule has 3 rings (SSSR count). The van der Waals surface area contributed by atoms with Gasteiger partial charge in [-0.1, -0.05) is 17.7 Å². The maximum absolute atomic E-state index is 12.5. The first-order valence-corrected chi connectivity index (χ1v) is 8.90. The van der Waals surface area contributed by atoms with Gasteiger partial charge in [-0.15, -0.1) is 10.2 Å². The van der Waals surface area contributed by atoms with E-state index < -0.39 is 0 Å². The molecule has 0 bridgehead atoms. The quantitative estimate of drug-likeness (QED) is 0.894. The molecule has 0 radical (unpaired) electrons. The fourth-order valence-corrected chi connectivity index (χ4v) is 3.06. The Morgan fingerprint density at radius 3 is 2.42 bits per heavy atom. The number of piperazine rings is 1. The third-order valence-electron chi connectivity index (χ3n) is 4.35. The Morgan fingerprint density at radius 1 is 1.12 bits per heavy atom. The molecule has 1 aliphatic heterocycles. The van der Waals surface area contributed by atoms with Crippen molar-refractivity contribution in [2.75, 3.05) is 55.4 Å². The van der Waals surface area contributed by atoms with Gasteiger partial charge in [-0.25, -0.2) is 4.79 Å². The van der Waals surface area contributed by atoms with E-state index in [9.17, 15) is 4.79 Å². The predicted octanol–water partition coefficient (Wildman–Crippen LogP) is 2.86. The fourth-order valence-electron chi connectivity index (χ4n) is 2.78. The number of hydrogen-bond acceptors (Lipinski definition) is 5. The van der Waals surface area contributed by atoms with E-state index in [-0.39, 0.29) is 6.03 Å². The third kappa shape index (κ3) is 4.16. The number of carbonyl (C=O) groups excluding carboxylic acids is 1. The number of carbonyl (C=O) groups is 1. The van der Waals surface area contributed by atoms with Crippen LogP contribution < -0.4 is 15.1 Å². The molecular weight excluding hydrogens is 352 g/mol. The maximum atomic E-state index is 12.5. The van der Waals surface area contributed by atoms with Crippen molar-refractivity contribution in [1.29, 1.82) is 0 Å². The lowest BCUT2D eigenvalue weighted by Gasteiger charge is -2.35. The zero-order valence-corrected chi connectivity index (χ0v) is 16.0. The minimum Gasteiger partial charge on any atom is -0.361 e. The lowest BCUT2D eigenvalue weighted by molar-refractivity contribution is 0.208. The second-order valence-corrected chi connectivity index (χ2v) is 6.94. The molecule has 1 N–H and O–H groups in total. The highest BCUT2D eigenvalue weighted by Crippen LogP contribution is 2.23. The van der Waals surface area contributed by atoms with E-state index in [1.54, 1.807) is 4.90 Å². The molecule has 26 heavy (non-hydrogen) atoms. The van der Waals surface area contributed by atoms with Gasteiger partial charge in [0.05, 0.1) is 10.7 Å². The number of halogens is 1. The van der Waals surface area contributed by atoms with Crippen molar-refractivity contribution in [1.82, 2.24) is 15.1 Å². The number of rotatable bonds is 3. The van der Waals surface area contributed by atoms with Crippen LogP contribution >= 0.6 is 11.6 Å². The van der Waals surface area contributed by atoms with E-state index in [4.69, 9.17) is 11.6 Å². The molecule has 2 aromatic rings. The van der Waals surface area contributed by atoms with Crippen LogP contribution in [0.1, 0.15) is 5.56 Å². The fraction of sp³-hybridized carbons (Fsp3) is 0.389. The van der Waals surface area contributed by atoms with Gasteiger partial charge in [0.2, 0.25) is 0 Å². The summed E-state index contributed by atoms with van der Waals surface area (Å²) >= 11 is 6.19. The van der Waals surface area contributed by atoms with Gasteiger partial charge in [0.25, 0.3) is 0 Å². The summed E-state index contributed by atoms with van der Waals surface area (Å²) in [6.45, 7) is 4.62. The second-order valence-electron chi connectivity index (χ2n) is 6.53.